The summed E-state index contributed by atoms with van der Waals surface area (Å²) in [5.41, 5.74) is 1.49. The molecule has 1 aliphatic heterocycles. The van der Waals surface area contributed by atoms with Crippen LogP contribution < -0.4 is 9.47 Å². The second-order valence-corrected chi connectivity index (χ2v) is 5.67. The van der Waals surface area contributed by atoms with Crippen LogP contribution in [0.3, 0.4) is 0 Å². The summed E-state index contributed by atoms with van der Waals surface area (Å²) in [5, 5.41) is 11.7. The minimum Gasteiger partial charge on any atom is -0.486 e. The Morgan fingerprint density at radius 3 is 2.76 bits per heavy atom. The Labute approximate surface area is 133 Å². The Bertz CT molecular complexity index is 658. The number of hydrogen-bond acceptors (Lipinski definition) is 3. The van der Waals surface area contributed by atoms with Crippen LogP contribution in [0.2, 0.25) is 10.0 Å². The van der Waals surface area contributed by atoms with Crippen LogP contribution in [0.15, 0.2) is 36.4 Å². The Kier molecular flexibility index (Phi) is 4.24. The van der Waals surface area contributed by atoms with Crippen molar-refractivity contribution < 1.29 is 14.6 Å². The first-order valence-corrected chi connectivity index (χ1v) is 7.41. The number of fused-ring (bicyclic) bond motifs is 1. The number of hydrogen-bond donors (Lipinski definition) is 1. The van der Waals surface area contributed by atoms with Crippen molar-refractivity contribution in [2.24, 2.45) is 0 Å². The predicted octanol–water partition coefficient (Wildman–Crippen LogP) is 4.04. The molecule has 2 aromatic rings. The summed E-state index contributed by atoms with van der Waals surface area (Å²) in [7, 11) is 0. The summed E-state index contributed by atoms with van der Waals surface area (Å²) < 4.78 is 11.1. The first kappa shape index (κ1) is 14.5. The van der Waals surface area contributed by atoms with Gasteiger partial charge in [-0.1, -0.05) is 35.3 Å². The van der Waals surface area contributed by atoms with Crippen LogP contribution in [0.5, 0.6) is 11.5 Å². The molecule has 0 aliphatic carbocycles. The first-order chi connectivity index (χ1) is 10.1. The van der Waals surface area contributed by atoms with Crippen molar-refractivity contribution in [2.75, 3.05) is 13.2 Å². The van der Waals surface area contributed by atoms with Gasteiger partial charge in [0, 0.05) is 22.0 Å². The molecular weight excluding hydrogens is 311 g/mol. The van der Waals surface area contributed by atoms with E-state index in [9.17, 15) is 5.11 Å². The molecular formula is C16H14Cl2O3. The summed E-state index contributed by atoms with van der Waals surface area (Å²) in [6.45, 7) is 1.00. The molecule has 1 atom stereocenters. The number of ether oxygens (including phenoxy) is 2. The molecule has 3 rings (SSSR count). The van der Waals surface area contributed by atoms with E-state index >= 15 is 0 Å². The van der Waals surface area contributed by atoms with Gasteiger partial charge >= 0.3 is 0 Å². The van der Waals surface area contributed by atoms with Crippen molar-refractivity contribution in [1.82, 2.24) is 0 Å². The second-order valence-electron chi connectivity index (χ2n) is 4.83. The summed E-state index contributed by atoms with van der Waals surface area (Å²) in [6.07, 6.45) is -0.378. The Balaban J connectivity index is 1.89. The average molecular weight is 325 g/mol. The largest absolute Gasteiger partial charge is 0.486 e. The normalized spacial score (nSPS) is 14.8. The third-order valence-electron chi connectivity index (χ3n) is 3.38. The van der Waals surface area contributed by atoms with Gasteiger partial charge in [-0.3, -0.25) is 0 Å². The molecule has 0 fully saturated rings. The highest BCUT2D eigenvalue weighted by Crippen LogP contribution is 2.38. The lowest BCUT2D eigenvalue weighted by Crippen LogP contribution is -2.17. The van der Waals surface area contributed by atoms with Crippen LogP contribution in [0.25, 0.3) is 0 Å². The smallest absolute Gasteiger partial charge is 0.167 e. The van der Waals surface area contributed by atoms with Crippen molar-refractivity contribution >= 4 is 23.2 Å². The molecule has 3 nitrogen and oxygen atoms in total. The fourth-order valence-corrected chi connectivity index (χ4v) is 2.77. The van der Waals surface area contributed by atoms with E-state index < -0.39 is 6.10 Å². The molecule has 2 aromatic carbocycles. The molecule has 1 N–H and O–H groups in total. The number of aliphatic hydroxyl groups excluding tert-OH is 1. The molecule has 0 radical (unpaired) electrons. The van der Waals surface area contributed by atoms with Crippen molar-refractivity contribution in [3.63, 3.8) is 0 Å². The van der Waals surface area contributed by atoms with Gasteiger partial charge in [0.05, 0.1) is 6.10 Å². The molecule has 21 heavy (non-hydrogen) atoms. The highest BCUT2D eigenvalue weighted by Gasteiger charge is 2.21. The molecule has 1 heterocycles. The van der Waals surface area contributed by atoms with Crippen LogP contribution in [-0.2, 0) is 6.42 Å². The Morgan fingerprint density at radius 1 is 1.10 bits per heavy atom. The van der Waals surface area contributed by atoms with E-state index in [1.54, 1.807) is 18.2 Å². The van der Waals surface area contributed by atoms with Gasteiger partial charge < -0.3 is 14.6 Å². The number of aliphatic hydroxyl groups is 1. The molecule has 0 saturated carbocycles. The number of halogens is 2. The van der Waals surface area contributed by atoms with Crippen molar-refractivity contribution in [3.8, 4) is 11.5 Å². The zero-order chi connectivity index (χ0) is 14.8. The molecule has 0 aromatic heterocycles. The molecule has 0 saturated heterocycles. The molecule has 0 bridgehead atoms. The van der Waals surface area contributed by atoms with E-state index in [0.717, 1.165) is 5.56 Å². The van der Waals surface area contributed by atoms with Gasteiger partial charge in [0.25, 0.3) is 0 Å². The van der Waals surface area contributed by atoms with E-state index in [4.69, 9.17) is 32.7 Å². The molecule has 5 heteroatoms. The van der Waals surface area contributed by atoms with Crippen LogP contribution in [0.4, 0.5) is 0 Å². The summed E-state index contributed by atoms with van der Waals surface area (Å²) in [4.78, 5) is 0. The van der Waals surface area contributed by atoms with E-state index in [1.807, 2.05) is 18.2 Å². The second kappa shape index (κ2) is 6.14. The fraction of sp³-hybridized carbons (Fsp3) is 0.250. The standard InChI is InChI=1S/C16H14Cl2O3/c17-11-4-5-13(18)10(8-11)9-14(19)12-2-1-3-15-16(12)21-7-6-20-15/h1-5,8,14,19H,6-7,9H2. The van der Waals surface area contributed by atoms with Crippen LogP contribution >= 0.6 is 23.2 Å². The van der Waals surface area contributed by atoms with Gasteiger partial charge in [-0.05, 0) is 29.8 Å². The fourth-order valence-electron chi connectivity index (χ4n) is 2.38. The maximum atomic E-state index is 10.5. The van der Waals surface area contributed by atoms with E-state index in [0.29, 0.717) is 46.7 Å². The molecule has 0 spiro atoms. The molecule has 1 aliphatic rings. The first-order valence-electron chi connectivity index (χ1n) is 6.65. The minimum atomic E-state index is -0.738. The van der Waals surface area contributed by atoms with Crippen LogP contribution in [-0.4, -0.2) is 18.3 Å². The number of para-hydroxylation sites is 1. The van der Waals surface area contributed by atoms with Gasteiger partial charge in [-0.2, -0.15) is 0 Å². The number of rotatable bonds is 3. The lowest BCUT2D eigenvalue weighted by Gasteiger charge is -2.23. The van der Waals surface area contributed by atoms with Gasteiger partial charge in [0.2, 0.25) is 0 Å². The summed E-state index contributed by atoms with van der Waals surface area (Å²) in [5.74, 6) is 1.27. The predicted molar refractivity (Wildman–Crippen MR) is 82.6 cm³/mol. The zero-order valence-electron chi connectivity index (χ0n) is 11.2. The summed E-state index contributed by atoms with van der Waals surface area (Å²) in [6, 6.07) is 10.7. The van der Waals surface area contributed by atoms with Gasteiger partial charge in [0.1, 0.15) is 13.2 Å². The third-order valence-corrected chi connectivity index (χ3v) is 3.98. The van der Waals surface area contributed by atoms with Gasteiger partial charge in [0.15, 0.2) is 11.5 Å². The maximum absolute atomic E-state index is 10.5. The molecule has 0 amide bonds. The lowest BCUT2D eigenvalue weighted by atomic mass is 10.00. The van der Waals surface area contributed by atoms with E-state index in [1.165, 1.54) is 0 Å². The van der Waals surface area contributed by atoms with Crippen molar-refractivity contribution in [3.05, 3.63) is 57.6 Å². The van der Waals surface area contributed by atoms with Crippen LogP contribution in [0, 0.1) is 0 Å². The zero-order valence-corrected chi connectivity index (χ0v) is 12.7. The lowest BCUT2D eigenvalue weighted by molar-refractivity contribution is 0.146. The molecule has 1 unspecified atom stereocenters. The number of benzene rings is 2. The van der Waals surface area contributed by atoms with Gasteiger partial charge in [-0.25, -0.2) is 0 Å². The van der Waals surface area contributed by atoms with E-state index in [-0.39, 0.29) is 0 Å². The van der Waals surface area contributed by atoms with Crippen molar-refractivity contribution in [1.29, 1.82) is 0 Å². The monoisotopic (exact) mass is 324 g/mol. The Hall–Kier alpha value is -1.42. The van der Waals surface area contributed by atoms with E-state index in [2.05, 4.69) is 0 Å². The Morgan fingerprint density at radius 2 is 1.90 bits per heavy atom. The van der Waals surface area contributed by atoms with Crippen LogP contribution in [0.1, 0.15) is 17.2 Å². The van der Waals surface area contributed by atoms with Gasteiger partial charge in [-0.15, -0.1) is 0 Å². The minimum absolute atomic E-state index is 0.360. The summed E-state index contributed by atoms with van der Waals surface area (Å²) >= 11 is 12.1. The molecule has 110 valence electrons. The average Bonchev–Trinajstić information content (AvgIpc) is 2.50. The SMILES string of the molecule is OC(Cc1cc(Cl)ccc1Cl)c1cccc2c1OCCO2. The quantitative estimate of drug-likeness (QED) is 0.926. The highest BCUT2D eigenvalue weighted by molar-refractivity contribution is 6.33. The third kappa shape index (κ3) is 3.10. The topological polar surface area (TPSA) is 38.7 Å². The van der Waals surface area contributed by atoms with Crippen molar-refractivity contribution in [2.45, 2.75) is 12.5 Å². The highest BCUT2D eigenvalue weighted by atomic mass is 35.5. The maximum Gasteiger partial charge on any atom is 0.167 e.